The zero-order valence-electron chi connectivity index (χ0n) is 12.6. The van der Waals surface area contributed by atoms with Crippen molar-refractivity contribution in [1.82, 2.24) is 10.3 Å². The summed E-state index contributed by atoms with van der Waals surface area (Å²) in [5, 5.41) is 4.60. The molecule has 3 aromatic rings. The quantitative estimate of drug-likeness (QED) is 0.767. The average molecular weight is 276 g/mol. The zero-order chi connectivity index (χ0) is 14.7. The van der Waals surface area contributed by atoms with Crippen LogP contribution >= 0.6 is 0 Å². The summed E-state index contributed by atoms with van der Waals surface area (Å²) in [7, 11) is 0. The molecule has 0 aliphatic heterocycles. The van der Waals surface area contributed by atoms with Crippen molar-refractivity contribution in [1.29, 1.82) is 0 Å². The second-order valence-corrected chi connectivity index (χ2v) is 5.31. The summed E-state index contributed by atoms with van der Waals surface area (Å²) in [5.41, 5.74) is 6.22. The number of nitrogens with zero attached hydrogens (tertiary/aromatic N) is 1. The van der Waals surface area contributed by atoms with Crippen molar-refractivity contribution in [3.8, 4) is 11.1 Å². The Balaban J connectivity index is 2.13. The molecule has 2 aromatic carbocycles. The largest absolute Gasteiger partial charge is 0.313 e. The molecule has 0 aliphatic rings. The number of hydrogen-bond donors (Lipinski definition) is 1. The highest BCUT2D eigenvalue weighted by atomic mass is 14.8. The van der Waals surface area contributed by atoms with Crippen LogP contribution < -0.4 is 5.32 Å². The van der Waals surface area contributed by atoms with E-state index in [1.54, 1.807) is 0 Å². The third-order valence-electron chi connectivity index (χ3n) is 3.82. The van der Waals surface area contributed by atoms with E-state index in [0.29, 0.717) is 0 Å². The number of benzene rings is 2. The molecule has 0 saturated carbocycles. The van der Waals surface area contributed by atoms with Gasteiger partial charge in [-0.2, -0.15) is 0 Å². The van der Waals surface area contributed by atoms with E-state index in [-0.39, 0.29) is 0 Å². The van der Waals surface area contributed by atoms with Gasteiger partial charge in [0.25, 0.3) is 0 Å². The van der Waals surface area contributed by atoms with Crippen molar-refractivity contribution in [2.75, 3.05) is 6.54 Å². The molecule has 0 amide bonds. The first-order valence-corrected chi connectivity index (χ1v) is 7.44. The van der Waals surface area contributed by atoms with Gasteiger partial charge in [-0.25, -0.2) is 0 Å². The highest BCUT2D eigenvalue weighted by Gasteiger charge is 2.07. The lowest BCUT2D eigenvalue weighted by atomic mass is 9.95. The Kier molecular flexibility index (Phi) is 3.98. The van der Waals surface area contributed by atoms with Crippen LogP contribution in [-0.2, 0) is 6.54 Å². The van der Waals surface area contributed by atoms with Crippen LogP contribution in [0.2, 0.25) is 0 Å². The molecular formula is C19H20N2. The van der Waals surface area contributed by atoms with E-state index in [1.165, 1.54) is 27.6 Å². The van der Waals surface area contributed by atoms with E-state index in [1.807, 2.05) is 12.3 Å². The second-order valence-electron chi connectivity index (χ2n) is 5.31. The van der Waals surface area contributed by atoms with E-state index >= 15 is 0 Å². The molecule has 0 spiro atoms. The maximum atomic E-state index is 4.46. The molecule has 0 saturated heterocycles. The summed E-state index contributed by atoms with van der Waals surface area (Å²) in [4.78, 5) is 4.46. The Hall–Kier alpha value is -2.19. The topological polar surface area (TPSA) is 24.9 Å². The van der Waals surface area contributed by atoms with Gasteiger partial charge in [0.1, 0.15) is 0 Å². The van der Waals surface area contributed by atoms with Crippen LogP contribution in [0, 0.1) is 6.92 Å². The SMILES string of the molecule is CCNCc1ccc(C)c(-c2cccc3ncccc23)c1. The molecule has 1 heterocycles. The van der Waals surface area contributed by atoms with Gasteiger partial charge in [-0.15, -0.1) is 0 Å². The fourth-order valence-electron chi connectivity index (χ4n) is 2.68. The molecule has 0 unspecified atom stereocenters. The Labute approximate surface area is 125 Å². The Morgan fingerprint density at radius 1 is 1.00 bits per heavy atom. The summed E-state index contributed by atoms with van der Waals surface area (Å²) < 4.78 is 0. The maximum absolute atomic E-state index is 4.46. The maximum Gasteiger partial charge on any atom is 0.0708 e. The van der Waals surface area contributed by atoms with Crippen LogP contribution in [0.5, 0.6) is 0 Å². The molecule has 2 heteroatoms. The third kappa shape index (κ3) is 2.81. The molecule has 0 bridgehead atoms. The normalized spacial score (nSPS) is 11.0. The number of fused-ring (bicyclic) bond motifs is 1. The predicted octanol–water partition coefficient (Wildman–Crippen LogP) is 4.32. The second kappa shape index (κ2) is 6.06. The summed E-state index contributed by atoms with van der Waals surface area (Å²) in [6.07, 6.45) is 1.85. The summed E-state index contributed by atoms with van der Waals surface area (Å²) in [6.45, 7) is 6.20. The van der Waals surface area contributed by atoms with E-state index in [4.69, 9.17) is 0 Å². The number of pyridine rings is 1. The van der Waals surface area contributed by atoms with Crippen molar-refractivity contribution < 1.29 is 0 Å². The molecular weight excluding hydrogens is 256 g/mol. The Morgan fingerprint density at radius 2 is 1.90 bits per heavy atom. The van der Waals surface area contributed by atoms with E-state index in [9.17, 15) is 0 Å². The molecule has 0 radical (unpaired) electrons. The average Bonchev–Trinajstić information content (AvgIpc) is 2.54. The van der Waals surface area contributed by atoms with Gasteiger partial charge < -0.3 is 5.32 Å². The number of nitrogens with one attached hydrogen (secondary N) is 1. The lowest BCUT2D eigenvalue weighted by Gasteiger charge is -2.12. The minimum absolute atomic E-state index is 0.910. The summed E-state index contributed by atoms with van der Waals surface area (Å²) >= 11 is 0. The summed E-state index contributed by atoms with van der Waals surface area (Å²) in [6, 6.07) is 17.2. The zero-order valence-corrected chi connectivity index (χ0v) is 12.6. The fourth-order valence-corrected chi connectivity index (χ4v) is 2.68. The third-order valence-corrected chi connectivity index (χ3v) is 3.82. The number of rotatable bonds is 4. The van der Waals surface area contributed by atoms with Gasteiger partial charge in [0.15, 0.2) is 0 Å². The molecule has 1 aromatic heterocycles. The number of aromatic nitrogens is 1. The highest BCUT2D eigenvalue weighted by Crippen LogP contribution is 2.30. The molecule has 3 rings (SSSR count). The van der Waals surface area contributed by atoms with E-state index in [2.05, 4.69) is 66.6 Å². The van der Waals surface area contributed by atoms with Crippen LogP contribution in [0.4, 0.5) is 0 Å². The fraction of sp³-hybridized carbons (Fsp3) is 0.211. The van der Waals surface area contributed by atoms with Crippen LogP contribution in [-0.4, -0.2) is 11.5 Å². The lowest BCUT2D eigenvalue weighted by Crippen LogP contribution is -2.11. The first kappa shape index (κ1) is 13.8. The minimum Gasteiger partial charge on any atom is -0.313 e. The van der Waals surface area contributed by atoms with Crippen molar-refractivity contribution in [2.45, 2.75) is 20.4 Å². The number of hydrogen-bond acceptors (Lipinski definition) is 2. The van der Waals surface area contributed by atoms with Crippen molar-refractivity contribution >= 4 is 10.9 Å². The van der Waals surface area contributed by atoms with E-state index < -0.39 is 0 Å². The van der Waals surface area contributed by atoms with Gasteiger partial charge in [0, 0.05) is 18.1 Å². The van der Waals surface area contributed by atoms with Crippen LogP contribution in [0.15, 0.2) is 54.7 Å². The van der Waals surface area contributed by atoms with Crippen molar-refractivity contribution in [3.63, 3.8) is 0 Å². The first-order valence-electron chi connectivity index (χ1n) is 7.44. The molecule has 2 nitrogen and oxygen atoms in total. The van der Waals surface area contributed by atoms with Crippen LogP contribution in [0.25, 0.3) is 22.0 Å². The molecule has 0 fully saturated rings. The highest BCUT2D eigenvalue weighted by molar-refractivity contribution is 5.95. The predicted molar refractivity (Wildman–Crippen MR) is 89.3 cm³/mol. The molecule has 106 valence electrons. The minimum atomic E-state index is 0.910. The summed E-state index contributed by atoms with van der Waals surface area (Å²) in [5.74, 6) is 0. The standard InChI is InChI=1S/C19H20N2/c1-3-20-13-15-10-9-14(2)18(12-15)16-6-4-8-19-17(16)7-5-11-21-19/h4-12,20H,3,13H2,1-2H3. The van der Waals surface area contributed by atoms with Crippen molar-refractivity contribution in [3.05, 3.63) is 65.9 Å². The van der Waals surface area contributed by atoms with Gasteiger partial charge in [0.05, 0.1) is 5.52 Å². The molecule has 0 aliphatic carbocycles. The number of aryl methyl sites for hydroxylation is 1. The molecule has 21 heavy (non-hydrogen) atoms. The molecule has 0 atom stereocenters. The van der Waals surface area contributed by atoms with Crippen LogP contribution in [0.1, 0.15) is 18.1 Å². The van der Waals surface area contributed by atoms with Crippen LogP contribution in [0.3, 0.4) is 0 Å². The Bertz CT molecular complexity index is 757. The first-order chi connectivity index (χ1) is 10.3. The van der Waals surface area contributed by atoms with Gasteiger partial charge in [-0.1, -0.05) is 37.3 Å². The monoisotopic (exact) mass is 276 g/mol. The smallest absolute Gasteiger partial charge is 0.0708 e. The van der Waals surface area contributed by atoms with Gasteiger partial charge in [0.2, 0.25) is 0 Å². The lowest BCUT2D eigenvalue weighted by molar-refractivity contribution is 0.727. The Morgan fingerprint density at radius 3 is 2.76 bits per heavy atom. The van der Waals surface area contributed by atoms with E-state index in [0.717, 1.165) is 18.6 Å². The van der Waals surface area contributed by atoms with Gasteiger partial charge >= 0.3 is 0 Å². The van der Waals surface area contributed by atoms with Gasteiger partial charge in [-0.05, 0) is 53.9 Å². The molecule has 1 N–H and O–H groups in total. The van der Waals surface area contributed by atoms with Crippen molar-refractivity contribution in [2.24, 2.45) is 0 Å². The van der Waals surface area contributed by atoms with Gasteiger partial charge in [-0.3, -0.25) is 4.98 Å².